The van der Waals surface area contributed by atoms with Gasteiger partial charge in [0.2, 0.25) is 5.91 Å². The first kappa shape index (κ1) is 19.0. The highest BCUT2D eigenvalue weighted by Gasteiger charge is 2.32. The number of thiophene rings is 1. The molecule has 0 spiro atoms. The Labute approximate surface area is 162 Å². The van der Waals surface area contributed by atoms with Crippen LogP contribution in [0, 0.1) is 13.8 Å². The van der Waals surface area contributed by atoms with Gasteiger partial charge in [-0.2, -0.15) is 0 Å². The summed E-state index contributed by atoms with van der Waals surface area (Å²) >= 11 is 7.69. The van der Waals surface area contributed by atoms with E-state index in [1.807, 2.05) is 13.8 Å². The summed E-state index contributed by atoms with van der Waals surface area (Å²) in [5.41, 5.74) is 7.54. The van der Waals surface area contributed by atoms with E-state index in [1.165, 1.54) is 22.3 Å². The summed E-state index contributed by atoms with van der Waals surface area (Å²) in [6, 6.07) is 8.64. The maximum Gasteiger partial charge on any atom is 0.244 e. The number of hydrazine groups is 1. The van der Waals surface area contributed by atoms with Crippen molar-refractivity contribution in [1.82, 2.24) is 10.4 Å². The van der Waals surface area contributed by atoms with Crippen molar-refractivity contribution < 1.29 is 4.79 Å². The van der Waals surface area contributed by atoms with Gasteiger partial charge in [-0.1, -0.05) is 17.2 Å². The van der Waals surface area contributed by atoms with E-state index >= 15 is 0 Å². The molecule has 2 aromatic heterocycles. The summed E-state index contributed by atoms with van der Waals surface area (Å²) in [5.74, 6) is 5.70. The average molecular weight is 390 g/mol. The summed E-state index contributed by atoms with van der Waals surface area (Å²) < 4.78 is 0. The number of benzene rings is 1. The predicted octanol–water partition coefficient (Wildman–Crippen LogP) is 4.56. The zero-order chi connectivity index (χ0) is 19.1. The third-order valence-electron chi connectivity index (χ3n) is 4.77. The molecule has 0 bridgehead atoms. The number of hydrogen-bond acceptors (Lipinski definition) is 3. The van der Waals surface area contributed by atoms with Crippen LogP contribution in [0.15, 0.2) is 24.3 Å². The van der Waals surface area contributed by atoms with E-state index in [9.17, 15) is 4.79 Å². The van der Waals surface area contributed by atoms with Gasteiger partial charge in [-0.15, -0.1) is 22.9 Å². The van der Waals surface area contributed by atoms with E-state index in [0.29, 0.717) is 5.88 Å². The second-order valence-corrected chi connectivity index (χ2v) is 8.68. The number of amides is 1. The van der Waals surface area contributed by atoms with Gasteiger partial charge in [-0.05, 0) is 63.4 Å². The molecule has 0 aliphatic heterocycles. The molecule has 0 saturated carbocycles. The Morgan fingerprint density at radius 1 is 1.23 bits per heavy atom. The maximum absolute atomic E-state index is 12.1. The van der Waals surface area contributed by atoms with Crippen LogP contribution in [0.4, 0.5) is 0 Å². The minimum absolute atomic E-state index is 0.199. The van der Waals surface area contributed by atoms with Gasteiger partial charge in [0.1, 0.15) is 4.83 Å². The third-order valence-corrected chi connectivity index (χ3v) is 6.33. The topological polar surface area (TPSA) is 70.9 Å². The molecule has 0 aliphatic carbocycles. The number of aryl methyl sites for hydroxylation is 3. The quantitative estimate of drug-likeness (QED) is 0.259. The summed E-state index contributed by atoms with van der Waals surface area (Å²) in [4.78, 5) is 17.8. The van der Waals surface area contributed by atoms with Gasteiger partial charge < -0.3 is 4.98 Å². The smallest absolute Gasteiger partial charge is 0.244 e. The fourth-order valence-corrected chi connectivity index (χ4v) is 4.73. The van der Waals surface area contributed by atoms with Crippen molar-refractivity contribution in [2.24, 2.45) is 5.84 Å². The van der Waals surface area contributed by atoms with Crippen molar-refractivity contribution >= 4 is 39.1 Å². The van der Waals surface area contributed by atoms with Crippen LogP contribution < -0.4 is 11.3 Å². The van der Waals surface area contributed by atoms with Crippen LogP contribution in [0.2, 0.25) is 0 Å². The molecule has 4 N–H and O–H groups in total. The fraction of sp³-hybridized carbons (Fsp3) is 0.350. The van der Waals surface area contributed by atoms with E-state index < -0.39 is 5.41 Å². The highest BCUT2D eigenvalue weighted by molar-refractivity contribution is 7.19. The largest absolute Gasteiger partial charge is 0.346 e. The van der Waals surface area contributed by atoms with Gasteiger partial charge in [0.15, 0.2) is 0 Å². The number of H-pyrrole nitrogens is 1. The Balaban J connectivity index is 2.17. The molecule has 0 aliphatic rings. The lowest BCUT2D eigenvalue weighted by atomic mass is 9.90. The first-order valence-electron chi connectivity index (χ1n) is 8.58. The van der Waals surface area contributed by atoms with Crippen LogP contribution >= 0.6 is 22.9 Å². The van der Waals surface area contributed by atoms with E-state index in [-0.39, 0.29) is 5.91 Å². The van der Waals surface area contributed by atoms with Gasteiger partial charge in [0, 0.05) is 16.1 Å². The summed E-state index contributed by atoms with van der Waals surface area (Å²) in [7, 11) is 0. The van der Waals surface area contributed by atoms with Crippen molar-refractivity contribution in [3.05, 3.63) is 45.8 Å². The number of nitrogens with one attached hydrogen (secondary N) is 2. The average Bonchev–Trinajstić information content (AvgIpc) is 3.13. The number of aromatic nitrogens is 1. The molecule has 0 fully saturated rings. The van der Waals surface area contributed by atoms with Gasteiger partial charge in [-0.25, -0.2) is 5.84 Å². The van der Waals surface area contributed by atoms with Crippen molar-refractivity contribution in [3.8, 4) is 11.3 Å². The van der Waals surface area contributed by atoms with Crippen molar-refractivity contribution in [2.75, 3.05) is 5.88 Å². The molecule has 0 saturated heterocycles. The molecule has 1 amide bonds. The Morgan fingerprint density at radius 3 is 2.46 bits per heavy atom. The lowest BCUT2D eigenvalue weighted by Gasteiger charge is -2.20. The van der Waals surface area contributed by atoms with Crippen LogP contribution in [0.5, 0.6) is 0 Å². The highest BCUT2D eigenvalue weighted by atomic mass is 35.5. The molecular formula is C20H24ClN3OS. The molecule has 3 aromatic rings. The Kier molecular flexibility index (Phi) is 5.15. The normalized spacial score (nSPS) is 11.9. The van der Waals surface area contributed by atoms with Crippen LogP contribution in [0.25, 0.3) is 21.5 Å². The van der Waals surface area contributed by atoms with Crippen molar-refractivity contribution in [2.45, 2.75) is 39.5 Å². The maximum atomic E-state index is 12.1. The summed E-state index contributed by atoms with van der Waals surface area (Å²) in [5, 5.41) is 1.14. The zero-order valence-electron chi connectivity index (χ0n) is 15.5. The van der Waals surface area contributed by atoms with Gasteiger partial charge in [0.05, 0.1) is 11.1 Å². The first-order chi connectivity index (χ1) is 12.3. The molecule has 0 atom stereocenters. The van der Waals surface area contributed by atoms with E-state index in [4.69, 9.17) is 17.4 Å². The number of fused-ring (bicyclic) bond motifs is 1. The fourth-order valence-electron chi connectivity index (χ4n) is 3.35. The number of alkyl halides is 1. The summed E-state index contributed by atoms with van der Waals surface area (Å²) in [6.07, 6.45) is 0.767. The molecule has 3 rings (SSSR count). The minimum atomic E-state index is -0.683. The van der Waals surface area contributed by atoms with E-state index in [2.05, 4.69) is 48.5 Å². The Morgan fingerprint density at radius 2 is 1.88 bits per heavy atom. The Hall–Kier alpha value is -1.82. The van der Waals surface area contributed by atoms with Crippen LogP contribution in [0.3, 0.4) is 0 Å². The third kappa shape index (κ3) is 3.27. The molecule has 4 nitrogen and oxygen atoms in total. The lowest BCUT2D eigenvalue weighted by Crippen LogP contribution is -2.43. The molecular weight excluding hydrogens is 366 g/mol. The number of halogens is 1. The molecule has 0 radical (unpaired) electrons. The molecule has 2 heterocycles. The lowest BCUT2D eigenvalue weighted by molar-refractivity contribution is -0.125. The van der Waals surface area contributed by atoms with Gasteiger partial charge >= 0.3 is 0 Å². The van der Waals surface area contributed by atoms with Crippen LogP contribution in [-0.4, -0.2) is 16.8 Å². The van der Waals surface area contributed by atoms with Crippen LogP contribution in [-0.2, 0) is 16.6 Å². The molecule has 0 unspecified atom stereocenters. The second kappa shape index (κ2) is 7.06. The number of aromatic amines is 1. The SMILES string of the molecule is Cc1cc(C)cc(-c2[nH]c3sc(C(C)(C)C(=O)NN)cc3c2CCCl)c1. The molecule has 138 valence electrons. The van der Waals surface area contributed by atoms with E-state index in [0.717, 1.165) is 27.2 Å². The van der Waals surface area contributed by atoms with Crippen LogP contribution in [0.1, 0.15) is 35.4 Å². The number of carbonyl (C=O) groups excluding carboxylic acids is 1. The number of nitrogens with two attached hydrogens (primary N) is 1. The second-order valence-electron chi connectivity index (χ2n) is 7.25. The number of rotatable bonds is 5. The van der Waals surface area contributed by atoms with E-state index in [1.54, 1.807) is 11.3 Å². The van der Waals surface area contributed by atoms with Gasteiger partial charge in [-0.3, -0.25) is 10.2 Å². The predicted molar refractivity (Wildman–Crippen MR) is 111 cm³/mol. The minimum Gasteiger partial charge on any atom is -0.346 e. The standard InChI is InChI=1S/C20H24ClN3OS/c1-11-7-12(2)9-13(8-11)17-14(5-6-21)15-10-16(26-18(15)23-17)20(3,4)19(25)24-22/h7-10,23H,5-6,22H2,1-4H3,(H,24,25). The number of hydrogen-bond donors (Lipinski definition) is 3. The molecule has 1 aromatic carbocycles. The monoisotopic (exact) mass is 389 g/mol. The number of carbonyl (C=O) groups is 1. The Bertz CT molecular complexity index is 951. The molecule has 6 heteroatoms. The molecule has 26 heavy (non-hydrogen) atoms. The van der Waals surface area contributed by atoms with Crippen molar-refractivity contribution in [3.63, 3.8) is 0 Å². The zero-order valence-corrected chi connectivity index (χ0v) is 17.1. The van der Waals surface area contributed by atoms with Crippen molar-refractivity contribution in [1.29, 1.82) is 0 Å². The van der Waals surface area contributed by atoms with Gasteiger partial charge in [0.25, 0.3) is 0 Å². The summed E-state index contributed by atoms with van der Waals surface area (Å²) in [6.45, 7) is 7.97. The first-order valence-corrected chi connectivity index (χ1v) is 9.93. The highest BCUT2D eigenvalue weighted by Crippen LogP contribution is 2.40.